The van der Waals surface area contributed by atoms with Crippen molar-refractivity contribution in [1.29, 1.82) is 0 Å². The molecule has 2 aromatic carbocycles. The number of rotatable bonds is 3. The lowest BCUT2D eigenvalue weighted by molar-refractivity contribution is 0.0992. The van der Waals surface area contributed by atoms with Crippen LogP contribution in [0.25, 0.3) is 0 Å². The van der Waals surface area contributed by atoms with Crippen LogP contribution in [0.15, 0.2) is 48.5 Å². The fraction of sp³-hybridized carbons (Fsp3) is 0.0714. The number of Topliss-reactive ketones (excluding diaryl/α,β-unsaturated/α-hetero) is 1. The number of benzene rings is 2. The van der Waals surface area contributed by atoms with Gasteiger partial charge in [-0.05, 0) is 23.8 Å². The van der Waals surface area contributed by atoms with Crippen LogP contribution in [0.4, 0.5) is 10.1 Å². The van der Waals surface area contributed by atoms with E-state index in [4.69, 9.17) is 5.73 Å². The molecule has 17 heavy (non-hydrogen) atoms. The number of hydrogen-bond donors (Lipinski definition) is 1. The normalized spacial score (nSPS) is 10.2. The largest absolute Gasteiger partial charge is 0.396 e. The Balaban J connectivity index is 2.18. The van der Waals surface area contributed by atoms with Crippen molar-refractivity contribution in [3.05, 3.63) is 65.5 Å². The monoisotopic (exact) mass is 229 g/mol. The highest BCUT2D eigenvalue weighted by atomic mass is 19.1. The van der Waals surface area contributed by atoms with Gasteiger partial charge >= 0.3 is 0 Å². The van der Waals surface area contributed by atoms with Gasteiger partial charge < -0.3 is 5.73 Å². The smallest absolute Gasteiger partial charge is 0.167 e. The van der Waals surface area contributed by atoms with E-state index < -0.39 is 5.82 Å². The van der Waals surface area contributed by atoms with E-state index in [-0.39, 0.29) is 17.9 Å². The van der Waals surface area contributed by atoms with E-state index in [1.807, 2.05) is 30.3 Å². The predicted molar refractivity (Wildman–Crippen MR) is 65.3 cm³/mol. The van der Waals surface area contributed by atoms with Crippen molar-refractivity contribution in [2.45, 2.75) is 6.42 Å². The summed E-state index contributed by atoms with van der Waals surface area (Å²) in [6, 6.07) is 13.5. The number of ketones is 1. The third kappa shape index (κ3) is 2.69. The predicted octanol–water partition coefficient (Wildman–Crippen LogP) is 2.83. The van der Waals surface area contributed by atoms with E-state index in [0.717, 1.165) is 5.56 Å². The number of carbonyl (C=O) groups excluding carboxylic acids is 1. The third-order valence-electron chi connectivity index (χ3n) is 2.53. The van der Waals surface area contributed by atoms with Crippen molar-refractivity contribution in [3.63, 3.8) is 0 Å². The molecule has 0 unspecified atom stereocenters. The van der Waals surface area contributed by atoms with Crippen LogP contribution in [0.1, 0.15) is 15.9 Å². The van der Waals surface area contributed by atoms with Crippen LogP contribution in [-0.2, 0) is 6.42 Å². The molecule has 0 fully saturated rings. The summed E-state index contributed by atoms with van der Waals surface area (Å²) in [5, 5.41) is 0. The van der Waals surface area contributed by atoms with Gasteiger partial charge in [0.05, 0.1) is 5.69 Å². The van der Waals surface area contributed by atoms with Crippen molar-refractivity contribution in [2.24, 2.45) is 0 Å². The number of hydrogen-bond acceptors (Lipinski definition) is 2. The first-order valence-corrected chi connectivity index (χ1v) is 5.29. The summed E-state index contributed by atoms with van der Waals surface area (Å²) in [6.45, 7) is 0. The van der Waals surface area contributed by atoms with Gasteiger partial charge in [0, 0.05) is 12.0 Å². The Morgan fingerprint density at radius 3 is 2.47 bits per heavy atom. The minimum absolute atomic E-state index is 0.0567. The molecule has 0 saturated carbocycles. The van der Waals surface area contributed by atoms with Crippen LogP contribution >= 0.6 is 0 Å². The fourth-order valence-corrected chi connectivity index (χ4v) is 1.58. The molecule has 0 amide bonds. The highest BCUT2D eigenvalue weighted by Gasteiger charge is 2.09. The molecule has 0 radical (unpaired) electrons. The lowest BCUT2D eigenvalue weighted by atomic mass is 10.0. The summed E-state index contributed by atoms with van der Waals surface area (Å²) in [5.41, 5.74) is 6.67. The average molecular weight is 229 g/mol. The first kappa shape index (κ1) is 11.3. The topological polar surface area (TPSA) is 43.1 Å². The van der Waals surface area contributed by atoms with Gasteiger partial charge in [-0.3, -0.25) is 4.79 Å². The molecule has 0 aliphatic carbocycles. The maximum atomic E-state index is 13.2. The van der Waals surface area contributed by atoms with E-state index in [9.17, 15) is 9.18 Å². The van der Waals surface area contributed by atoms with Crippen molar-refractivity contribution < 1.29 is 9.18 Å². The first-order chi connectivity index (χ1) is 8.16. The Labute approximate surface area is 98.9 Å². The Morgan fingerprint density at radius 2 is 1.82 bits per heavy atom. The highest BCUT2D eigenvalue weighted by molar-refractivity contribution is 5.97. The number of halogens is 1. The van der Waals surface area contributed by atoms with Gasteiger partial charge in [-0.1, -0.05) is 30.3 Å². The summed E-state index contributed by atoms with van der Waals surface area (Å²) >= 11 is 0. The zero-order valence-corrected chi connectivity index (χ0v) is 9.19. The standard InChI is InChI=1S/C14H12FNO/c15-12-9-11(6-7-13(12)16)14(17)8-10-4-2-1-3-5-10/h1-7,9H,8,16H2. The van der Waals surface area contributed by atoms with Gasteiger partial charge in [0.25, 0.3) is 0 Å². The van der Waals surface area contributed by atoms with Gasteiger partial charge in [0.2, 0.25) is 0 Å². The SMILES string of the molecule is Nc1ccc(C(=O)Cc2ccccc2)cc1F. The van der Waals surface area contributed by atoms with Crippen molar-refractivity contribution in [2.75, 3.05) is 5.73 Å². The molecule has 0 bridgehead atoms. The summed E-state index contributed by atoms with van der Waals surface area (Å²) < 4.78 is 13.2. The molecule has 0 aromatic heterocycles. The minimum atomic E-state index is -0.552. The summed E-state index contributed by atoms with van der Waals surface area (Å²) in [6.07, 6.45) is 0.268. The molecule has 2 nitrogen and oxygen atoms in total. The second kappa shape index (κ2) is 4.78. The molecule has 2 N–H and O–H groups in total. The minimum Gasteiger partial charge on any atom is -0.396 e. The van der Waals surface area contributed by atoms with Gasteiger partial charge in [0.15, 0.2) is 5.78 Å². The molecule has 86 valence electrons. The highest BCUT2D eigenvalue weighted by Crippen LogP contribution is 2.14. The second-order valence-electron chi connectivity index (χ2n) is 3.82. The van der Waals surface area contributed by atoms with Crippen molar-refractivity contribution in [3.8, 4) is 0 Å². The number of nitrogens with two attached hydrogens (primary N) is 1. The fourth-order valence-electron chi connectivity index (χ4n) is 1.58. The lowest BCUT2D eigenvalue weighted by Crippen LogP contribution is -2.04. The molecule has 0 aliphatic rings. The molecule has 0 spiro atoms. The summed E-state index contributed by atoms with van der Waals surface area (Å²) in [5.74, 6) is -0.668. The Kier molecular flexibility index (Phi) is 3.19. The number of anilines is 1. The zero-order chi connectivity index (χ0) is 12.3. The summed E-state index contributed by atoms with van der Waals surface area (Å²) in [4.78, 5) is 11.9. The van der Waals surface area contributed by atoms with E-state index in [1.165, 1.54) is 12.1 Å². The zero-order valence-electron chi connectivity index (χ0n) is 9.19. The van der Waals surface area contributed by atoms with Crippen LogP contribution in [0.2, 0.25) is 0 Å². The molecule has 0 heterocycles. The van der Waals surface area contributed by atoms with Gasteiger partial charge in [0.1, 0.15) is 5.82 Å². The average Bonchev–Trinajstić information content (AvgIpc) is 2.34. The Hall–Kier alpha value is -2.16. The van der Waals surface area contributed by atoms with Crippen LogP contribution < -0.4 is 5.73 Å². The lowest BCUT2D eigenvalue weighted by Gasteiger charge is -2.03. The maximum Gasteiger partial charge on any atom is 0.167 e. The van der Waals surface area contributed by atoms with Gasteiger partial charge in [-0.15, -0.1) is 0 Å². The van der Waals surface area contributed by atoms with Crippen LogP contribution in [0.3, 0.4) is 0 Å². The molecule has 3 heteroatoms. The molecular weight excluding hydrogens is 217 g/mol. The Bertz CT molecular complexity index is 537. The second-order valence-corrected chi connectivity index (χ2v) is 3.82. The Morgan fingerprint density at radius 1 is 1.12 bits per heavy atom. The van der Waals surface area contributed by atoms with E-state index >= 15 is 0 Å². The molecule has 0 aliphatic heterocycles. The number of carbonyl (C=O) groups is 1. The molecule has 2 rings (SSSR count). The molecule has 0 atom stereocenters. The molecular formula is C14H12FNO. The van der Waals surface area contributed by atoms with Gasteiger partial charge in [-0.25, -0.2) is 4.39 Å². The maximum absolute atomic E-state index is 13.2. The van der Waals surface area contributed by atoms with Crippen molar-refractivity contribution >= 4 is 11.5 Å². The van der Waals surface area contributed by atoms with E-state index in [0.29, 0.717) is 5.56 Å². The third-order valence-corrected chi connectivity index (χ3v) is 2.53. The molecule has 0 saturated heterocycles. The van der Waals surface area contributed by atoms with Crippen LogP contribution in [0, 0.1) is 5.82 Å². The number of nitrogen functional groups attached to an aromatic ring is 1. The van der Waals surface area contributed by atoms with Crippen molar-refractivity contribution in [1.82, 2.24) is 0 Å². The van der Waals surface area contributed by atoms with Gasteiger partial charge in [-0.2, -0.15) is 0 Å². The molecule has 2 aromatic rings. The van der Waals surface area contributed by atoms with E-state index in [1.54, 1.807) is 6.07 Å². The quantitative estimate of drug-likeness (QED) is 0.649. The summed E-state index contributed by atoms with van der Waals surface area (Å²) in [7, 11) is 0. The van der Waals surface area contributed by atoms with Crippen LogP contribution in [0.5, 0.6) is 0 Å². The van der Waals surface area contributed by atoms with Crippen LogP contribution in [-0.4, -0.2) is 5.78 Å². The first-order valence-electron chi connectivity index (χ1n) is 5.29. The van der Waals surface area contributed by atoms with E-state index in [2.05, 4.69) is 0 Å².